The van der Waals surface area contributed by atoms with Crippen LogP contribution in [0.3, 0.4) is 0 Å². The van der Waals surface area contributed by atoms with Crippen molar-refractivity contribution in [3.63, 3.8) is 0 Å². The van der Waals surface area contributed by atoms with Crippen LogP contribution in [0.1, 0.15) is 39.7 Å². The molecular weight excluding hydrogens is 289 g/mol. The smallest absolute Gasteiger partial charge is 0.127 e. The number of hydrogen-bond donors (Lipinski definition) is 1. The van der Waals surface area contributed by atoms with Crippen molar-refractivity contribution in [3.05, 3.63) is 34.6 Å². The van der Waals surface area contributed by atoms with Crippen LogP contribution in [-0.4, -0.2) is 25.8 Å². The molecule has 2 unspecified atom stereocenters. The average Bonchev–Trinajstić information content (AvgIpc) is 2.37. The maximum Gasteiger partial charge on any atom is 0.127 e. The lowest BCUT2D eigenvalue weighted by molar-refractivity contribution is -0.0111. The molecule has 0 aliphatic heterocycles. The second-order valence-corrected chi connectivity index (χ2v) is 6.96. The van der Waals surface area contributed by atoms with E-state index in [9.17, 15) is 4.39 Å². The molecule has 1 rings (SSSR count). The summed E-state index contributed by atoms with van der Waals surface area (Å²) in [6, 6.07) is 4.92. The third-order valence-corrected chi connectivity index (χ3v) is 3.82. The molecule has 2 atom stereocenters. The Hall–Kier alpha value is -0.640. The van der Waals surface area contributed by atoms with Crippen LogP contribution in [0.2, 0.25) is 5.02 Å². The first-order valence-electron chi connectivity index (χ1n) is 7.49. The van der Waals surface area contributed by atoms with Gasteiger partial charge in [-0.3, -0.25) is 0 Å². The third kappa shape index (κ3) is 5.57. The lowest BCUT2D eigenvalue weighted by Gasteiger charge is -2.36. The maximum atomic E-state index is 14.0. The SMILES string of the molecule is CCCNC(Cc1ccc(Cl)cc1F)C(OC)C(C)(C)C. The Bertz CT molecular complexity index is 445. The molecule has 0 aliphatic rings. The standard InChI is InChI=1S/C17H27ClFNO/c1-6-9-20-15(16(21-5)17(2,3)4)10-12-7-8-13(18)11-14(12)19/h7-8,11,15-16,20H,6,9-10H2,1-5H3. The first kappa shape index (κ1) is 18.4. The van der Waals surface area contributed by atoms with Crippen LogP contribution in [0.15, 0.2) is 18.2 Å². The molecule has 0 saturated carbocycles. The van der Waals surface area contributed by atoms with Gasteiger partial charge >= 0.3 is 0 Å². The summed E-state index contributed by atoms with van der Waals surface area (Å²) in [6.45, 7) is 9.42. The second-order valence-electron chi connectivity index (χ2n) is 6.52. The number of halogens is 2. The Morgan fingerprint density at radius 1 is 1.33 bits per heavy atom. The number of rotatable bonds is 7. The van der Waals surface area contributed by atoms with Crippen molar-refractivity contribution >= 4 is 11.6 Å². The zero-order valence-electron chi connectivity index (χ0n) is 13.7. The Balaban J connectivity index is 2.96. The minimum atomic E-state index is -0.255. The molecule has 0 aliphatic carbocycles. The Morgan fingerprint density at radius 2 is 2.00 bits per heavy atom. The molecule has 0 heterocycles. The van der Waals surface area contributed by atoms with E-state index < -0.39 is 0 Å². The largest absolute Gasteiger partial charge is 0.379 e. The molecule has 21 heavy (non-hydrogen) atoms. The van der Waals surface area contributed by atoms with E-state index in [1.165, 1.54) is 6.07 Å². The number of methoxy groups -OCH3 is 1. The average molecular weight is 316 g/mol. The van der Waals surface area contributed by atoms with E-state index in [0.29, 0.717) is 17.0 Å². The normalized spacial score (nSPS) is 15.0. The first-order chi connectivity index (χ1) is 9.79. The molecule has 0 amide bonds. The van der Waals surface area contributed by atoms with Crippen LogP contribution in [0.25, 0.3) is 0 Å². The lowest BCUT2D eigenvalue weighted by atomic mass is 9.82. The van der Waals surface area contributed by atoms with Crippen molar-refractivity contribution in [2.75, 3.05) is 13.7 Å². The van der Waals surface area contributed by atoms with Crippen molar-refractivity contribution in [3.8, 4) is 0 Å². The van der Waals surface area contributed by atoms with E-state index in [1.54, 1.807) is 19.2 Å². The van der Waals surface area contributed by atoms with Crippen LogP contribution in [0.5, 0.6) is 0 Å². The predicted octanol–water partition coefficient (Wildman–Crippen LogP) is 4.45. The first-order valence-corrected chi connectivity index (χ1v) is 7.87. The number of benzene rings is 1. The fourth-order valence-corrected chi connectivity index (χ4v) is 2.82. The quantitative estimate of drug-likeness (QED) is 0.802. The fraction of sp³-hybridized carbons (Fsp3) is 0.647. The van der Waals surface area contributed by atoms with Gasteiger partial charge in [-0.1, -0.05) is 45.4 Å². The Labute approximate surface area is 133 Å². The molecule has 4 heteroatoms. The van der Waals surface area contributed by atoms with Gasteiger partial charge in [0.2, 0.25) is 0 Å². The van der Waals surface area contributed by atoms with Crippen molar-refractivity contribution in [2.45, 2.75) is 52.7 Å². The molecule has 0 spiro atoms. The Kier molecular flexibility index (Phi) is 7.11. The summed E-state index contributed by atoms with van der Waals surface area (Å²) in [5.41, 5.74) is 0.641. The summed E-state index contributed by atoms with van der Waals surface area (Å²) in [5, 5.41) is 3.92. The van der Waals surface area contributed by atoms with Crippen molar-refractivity contribution in [1.82, 2.24) is 5.32 Å². The van der Waals surface area contributed by atoms with Gasteiger partial charge < -0.3 is 10.1 Å². The maximum absolute atomic E-state index is 14.0. The predicted molar refractivity (Wildman–Crippen MR) is 87.4 cm³/mol. The topological polar surface area (TPSA) is 21.3 Å². The summed E-state index contributed by atoms with van der Waals surface area (Å²) in [4.78, 5) is 0. The number of hydrogen-bond acceptors (Lipinski definition) is 2. The highest BCUT2D eigenvalue weighted by Gasteiger charge is 2.32. The van der Waals surface area contributed by atoms with E-state index >= 15 is 0 Å². The summed E-state index contributed by atoms with van der Waals surface area (Å²) < 4.78 is 19.7. The molecular formula is C17H27ClFNO. The van der Waals surface area contributed by atoms with Crippen LogP contribution in [0.4, 0.5) is 4.39 Å². The van der Waals surface area contributed by atoms with Gasteiger partial charge in [-0.05, 0) is 42.5 Å². The molecule has 2 nitrogen and oxygen atoms in total. The van der Waals surface area contributed by atoms with Gasteiger partial charge in [0.1, 0.15) is 5.82 Å². The molecule has 0 radical (unpaired) electrons. The van der Waals surface area contributed by atoms with Gasteiger partial charge in [-0.2, -0.15) is 0 Å². The van der Waals surface area contributed by atoms with E-state index in [4.69, 9.17) is 16.3 Å². The second kappa shape index (κ2) is 8.11. The molecule has 0 fully saturated rings. The molecule has 1 aromatic carbocycles. The van der Waals surface area contributed by atoms with Crippen molar-refractivity contribution in [2.24, 2.45) is 5.41 Å². The van der Waals surface area contributed by atoms with E-state index in [2.05, 4.69) is 33.0 Å². The van der Waals surface area contributed by atoms with Gasteiger partial charge in [-0.25, -0.2) is 4.39 Å². The summed E-state index contributed by atoms with van der Waals surface area (Å²) in [7, 11) is 1.72. The summed E-state index contributed by atoms with van der Waals surface area (Å²) in [6.07, 6.45) is 1.61. The van der Waals surface area contributed by atoms with Gasteiger partial charge in [0.15, 0.2) is 0 Å². The van der Waals surface area contributed by atoms with E-state index in [1.807, 2.05) is 0 Å². The fourth-order valence-electron chi connectivity index (χ4n) is 2.66. The van der Waals surface area contributed by atoms with Gasteiger partial charge in [0.05, 0.1) is 6.10 Å². The highest BCUT2D eigenvalue weighted by molar-refractivity contribution is 6.30. The van der Waals surface area contributed by atoms with Crippen LogP contribution in [-0.2, 0) is 11.2 Å². The molecule has 1 aromatic rings. The zero-order valence-corrected chi connectivity index (χ0v) is 14.4. The van der Waals surface area contributed by atoms with Crippen molar-refractivity contribution < 1.29 is 9.13 Å². The molecule has 120 valence electrons. The molecule has 1 N–H and O–H groups in total. The van der Waals surface area contributed by atoms with Gasteiger partial charge in [-0.15, -0.1) is 0 Å². The molecule has 0 saturated heterocycles. The van der Waals surface area contributed by atoms with Gasteiger partial charge in [0, 0.05) is 18.2 Å². The molecule has 0 aromatic heterocycles. The third-order valence-electron chi connectivity index (χ3n) is 3.58. The minimum Gasteiger partial charge on any atom is -0.379 e. The van der Waals surface area contributed by atoms with Crippen LogP contribution in [0, 0.1) is 11.2 Å². The van der Waals surface area contributed by atoms with E-state index in [0.717, 1.165) is 13.0 Å². The monoisotopic (exact) mass is 315 g/mol. The van der Waals surface area contributed by atoms with Crippen molar-refractivity contribution in [1.29, 1.82) is 0 Å². The number of nitrogens with one attached hydrogen (secondary N) is 1. The highest BCUT2D eigenvalue weighted by atomic mass is 35.5. The minimum absolute atomic E-state index is 0.000807. The summed E-state index contributed by atoms with van der Waals surface area (Å²) in [5.74, 6) is -0.255. The van der Waals surface area contributed by atoms with Gasteiger partial charge in [0.25, 0.3) is 0 Å². The summed E-state index contributed by atoms with van der Waals surface area (Å²) >= 11 is 5.82. The Morgan fingerprint density at radius 3 is 2.48 bits per heavy atom. The molecule has 0 bridgehead atoms. The van der Waals surface area contributed by atoms with E-state index in [-0.39, 0.29) is 23.4 Å². The van der Waals surface area contributed by atoms with Crippen LogP contribution < -0.4 is 5.32 Å². The number of ether oxygens (including phenoxy) is 1. The highest BCUT2D eigenvalue weighted by Crippen LogP contribution is 2.27. The lowest BCUT2D eigenvalue weighted by Crippen LogP contribution is -2.49. The zero-order chi connectivity index (χ0) is 16.0. The van der Waals surface area contributed by atoms with Crippen LogP contribution >= 0.6 is 11.6 Å².